The van der Waals surface area contributed by atoms with E-state index in [1.165, 1.54) is 11.3 Å². The predicted octanol–water partition coefficient (Wildman–Crippen LogP) is 2.04. The molecule has 5 nitrogen and oxygen atoms in total. The maximum absolute atomic E-state index is 12.4. The van der Waals surface area contributed by atoms with Gasteiger partial charge in [-0.25, -0.2) is 0 Å². The largest absolute Gasteiger partial charge is 0.461 e. The van der Waals surface area contributed by atoms with Gasteiger partial charge in [-0.3, -0.25) is 14.4 Å². The van der Waals surface area contributed by atoms with E-state index in [0.29, 0.717) is 4.88 Å². The number of Topliss-reactive ketones (excluding diaryl/α,β-unsaturated/α-hetero) is 1. The summed E-state index contributed by atoms with van der Waals surface area (Å²) in [7, 11) is 0. The van der Waals surface area contributed by atoms with Crippen molar-refractivity contribution >= 4 is 45.0 Å². The number of alkyl halides is 1. The van der Waals surface area contributed by atoms with E-state index < -0.39 is 17.8 Å². The number of esters is 2. The second kappa shape index (κ2) is 5.16. The number of halogens is 1. The fraction of sp³-hybridized carbons (Fsp3) is 0.533. The second-order valence-electron chi connectivity index (χ2n) is 5.97. The molecule has 3 fully saturated rings. The third-order valence-electron chi connectivity index (χ3n) is 4.94. The van der Waals surface area contributed by atoms with E-state index in [1.807, 2.05) is 0 Å². The Morgan fingerprint density at radius 3 is 2.95 bits per heavy atom. The summed E-state index contributed by atoms with van der Waals surface area (Å²) in [5.74, 6) is -1.70. The normalized spacial score (nSPS) is 38.1. The zero-order valence-corrected chi connectivity index (χ0v) is 13.8. The van der Waals surface area contributed by atoms with Gasteiger partial charge in [-0.15, -0.1) is 11.3 Å². The lowest BCUT2D eigenvalue weighted by Crippen LogP contribution is -2.39. The number of hydrogen-bond acceptors (Lipinski definition) is 6. The van der Waals surface area contributed by atoms with E-state index >= 15 is 0 Å². The van der Waals surface area contributed by atoms with Crippen molar-refractivity contribution in [3.63, 3.8) is 0 Å². The number of carbonyl (C=O) groups is 3. The molecule has 1 aliphatic heterocycles. The van der Waals surface area contributed by atoms with Crippen LogP contribution in [0.5, 0.6) is 0 Å². The van der Waals surface area contributed by atoms with Gasteiger partial charge in [-0.05, 0) is 23.8 Å². The molecule has 0 radical (unpaired) electrons. The summed E-state index contributed by atoms with van der Waals surface area (Å²) in [4.78, 5) is 36.8. The van der Waals surface area contributed by atoms with E-state index in [4.69, 9.17) is 9.47 Å². The van der Waals surface area contributed by atoms with Crippen LogP contribution in [0.25, 0.3) is 0 Å². The number of carbonyl (C=O) groups excluding carboxylic acids is 3. The maximum atomic E-state index is 12.4. The molecule has 0 amide bonds. The zero-order chi connectivity index (χ0) is 15.4. The minimum absolute atomic E-state index is 0.00532. The first-order valence-electron chi connectivity index (χ1n) is 7.16. The molecule has 0 N–H and O–H groups in total. The van der Waals surface area contributed by atoms with Crippen molar-refractivity contribution in [2.24, 2.45) is 23.7 Å². The summed E-state index contributed by atoms with van der Waals surface area (Å²) in [6.07, 6.45) is 0.689. The molecule has 7 heteroatoms. The molecule has 2 bridgehead atoms. The fourth-order valence-electron chi connectivity index (χ4n) is 4.04. The van der Waals surface area contributed by atoms with E-state index in [0.717, 1.165) is 6.42 Å². The van der Waals surface area contributed by atoms with Gasteiger partial charge in [0.25, 0.3) is 0 Å². The van der Waals surface area contributed by atoms with Crippen LogP contribution in [0.4, 0.5) is 0 Å². The Morgan fingerprint density at radius 1 is 1.41 bits per heavy atom. The highest BCUT2D eigenvalue weighted by molar-refractivity contribution is 9.09. The summed E-state index contributed by atoms with van der Waals surface area (Å²) < 4.78 is 10.6. The van der Waals surface area contributed by atoms with Crippen molar-refractivity contribution < 1.29 is 23.9 Å². The monoisotopic (exact) mass is 384 g/mol. The molecule has 0 spiro atoms. The molecule has 1 aromatic heterocycles. The van der Waals surface area contributed by atoms with E-state index in [9.17, 15) is 14.4 Å². The van der Waals surface area contributed by atoms with Crippen molar-refractivity contribution in [2.75, 3.05) is 6.61 Å². The molecule has 1 aromatic rings. The van der Waals surface area contributed by atoms with Crippen LogP contribution >= 0.6 is 27.3 Å². The molecule has 1 saturated heterocycles. The Balaban J connectivity index is 1.45. The van der Waals surface area contributed by atoms with Crippen LogP contribution in [0.1, 0.15) is 16.1 Å². The van der Waals surface area contributed by atoms with Gasteiger partial charge in [0.1, 0.15) is 6.10 Å². The van der Waals surface area contributed by atoms with Crippen molar-refractivity contribution in [3.05, 3.63) is 22.4 Å². The lowest BCUT2D eigenvalue weighted by atomic mass is 9.80. The van der Waals surface area contributed by atoms with E-state index in [1.54, 1.807) is 17.5 Å². The van der Waals surface area contributed by atoms with Crippen LogP contribution in [-0.2, 0) is 19.1 Å². The van der Waals surface area contributed by atoms with Gasteiger partial charge in [-0.2, -0.15) is 0 Å². The molecule has 0 unspecified atom stereocenters. The molecule has 22 heavy (non-hydrogen) atoms. The smallest absolute Gasteiger partial charge is 0.310 e. The average molecular weight is 385 g/mol. The quantitative estimate of drug-likeness (QED) is 0.451. The topological polar surface area (TPSA) is 69.7 Å². The Hall–Kier alpha value is -1.21. The molecule has 2 aliphatic carbocycles. The molecule has 2 saturated carbocycles. The summed E-state index contributed by atoms with van der Waals surface area (Å²) in [6, 6.07) is 3.48. The zero-order valence-electron chi connectivity index (χ0n) is 11.4. The average Bonchev–Trinajstić information content (AvgIpc) is 3.22. The first-order valence-corrected chi connectivity index (χ1v) is 8.95. The Labute approximate surface area is 139 Å². The number of thiophene rings is 1. The molecule has 6 atom stereocenters. The third kappa shape index (κ3) is 1.98. The fourth-order valence-corrected chi connectivity index (χ4v) is 5.73. The standard InChI is InChI=1S/C15H13BrO5S/c16-12-6-4-7-11(15(19)21-13(7)12)10(6)14(18)20-5-8(17)9-2-1-3-22-9/h1-3,6-7,10-13H,4-5H2/t6-,7+,10-,11-,12+,13-/m0/s1. The highest BCUT2D eigenvalue weighted by Gasteiger charge is 2.68. The number of hydrogen-bond donors (Lipinski definition) is 0. The summed E-state index contributed by atoms with van der Waals surface area (Å²) >= 11 is 4.86. The molecular weight excluding hydrogens is 372 g/mol. The van der Waals surface area contributed by atoms with Crippen molar-refractivity contribution in [2.45, 2.75) is 17.4 Å². The summed E-state index contributed by atoms with van der Waals surface area (Å²) in [5.41, 5.74) is 0. The highest BCUT2D eigenvalue weighted by Crippen LogP contribution is 2.60. The van der Waals surface area contributed by atoms with Crippen LogP contribution in [0.2, 0.25) is 0 Å². The van der Waals surface area contributed by atoms with E-state index in [2.05, 4.69) is 15.9 Å². The number of ether oxygens (including phenoxy) is 2. The number of ketones is 1. The van der Waals surface area contributed by atoms with Gasteiger partial charge < -0.3 is 9.47 Å². The van der Waals surface area contributed by atoms with Crippen LogP contribution in [-0.4, -0.2) is 35.3 Å². The van der Waals surface area contributed by atoms with Gasteiger partial charge in [0.15, 0.2) is 6.61 Å². The summed E-state index contributed by atoms with van der Waals surface area (Å²) in [5, 5.41) is 1.80. The minimum atomic E-state index is -0.489. The van der Waals surface area contributed by atoms with Gasteiger partial charge >= 0.3 is 11.9 Å². The SMILES string of the molecule is O=C(COC(=O)[C@H]1[C@@H]2C[C@H]3[C@H](OC(=O)[C@@H]31)[C@@H]2Br)c1cccs1. The minimum Gasteiger partial charge on any atom is -0.461 e. The van der Waals surface area contributed by atoms with Crippen molar-refractivity contribution in [3.8, 4) is 0 Å². The van der Waals surface area contributed by atoms with Crippen LogP contribution < -0.4 is 0 Å². The number of rotatable bonds is 4. The summed E-state index contributed by atoms with van der Waals surface area (Å²) in [6.45, 7) is -0.272. The van der Waals surface area contributed by atoms with Crippen molar-refractivity contribution in [1.82, 2.24) is 0 Å². The van der Waals surface area contributed by atoms with Gasteiger partial charge in [0.2, 0.25) is 5.78 Å². The van der Waals surface area contributed by atoms with Crippen LogP contribution in [0.15, 0.2) is 17.5 Å². The molecule has 116 valence electrons. The van der Waals surface area contributed by atoms with E-state index in [-0.39, 0.29) is 41.1 Å². The lowest BCUT2D eigenvalue weighted by molar-refractivity contribution is -0.154. The lowest BCUT2D eigenvalue weighted by Gasteiger charge is -2.26. The molecule has 3 aliphatic rings. The second-order valence-corrected chi connectivity index (χ2v) is 7.97. The highest BCUT2D eigenvalue weighted by atomic mass is 79.9. The Kier molecular flexibility index (Phi) is 3.38. The van der Waals surface area contributed by atoms with Crippen LogP contribution in [0, 0.1) is 23.7 Å². The Morgan fingerprint density at radius 2 is 2.23 bits per heavy atom. The van der Waals surface area contributed by atoms with Gasteiger partial charge in [-0.1, -0.05) is 22.0 Å². The third-order valence-corrected chi connectivity index (χ3v) is 7.05. The van der Waals surface area contributed by atoms with Crippen molar-refractivity contribution in [1.29, 1.82) is 0 Å². The van der Waals surface area contributed by atoms with Crippen LogP contribution in [0.3, 0.4) is 0 Å². The first kappa shape index (κ1) is 14.4. The van der Waals surface area contributed by atoms with Gasteiger partial charge in [0, 0.05) is 5.92 Å². The van der Waals surface area contributed by atoms with Gasteiger partial charge in [0.05, 0.1) is 21.5 Å². The predicted molar refractivity (Wildman–Crippen MR) is 80.8 cm³/mol. The maximum Gasteiger partial charge on any atom is 0.310 e. The molecular formula is C15H13BrO5S. The molecule has 2 heterocycles. The molecule has 4 rings (SSSR count). The first-order chi connectivity index (χ1) is 10.6. The Bertz CT molecular complexity index is 642. The molecule has 0 aromatic carbocycles. The number of fused-ring (bicyclic) bond motifs is 1.